The van der Waals surface area contributed by atoms with Gasteiger partial charge in [0.25, 0.3) is 0 Å². The van der Waals surface area contributed by atoms with Crippen molar-refractivity contribution in [3.05, 3.63) is 23.7 Å². The number of nitrogens with two attached hydrogens (primary N) is 1. The Balaban J connectivity index is 2.12. The third-order valence-electron chi connectivity index (χ3n) is 3.06. The Hall–Kier alpha value is -0.800. The van der Waals surface area contributed by atoms with Crippen molar-refractivity contribution in [2.24, 2.45) is 11.7 Å². The molecule has 2 heterocycles. The van der Waals surface area contributed by atoms with Gasteiger partial charge in [-0.1, -0.05) is 0 Å². The van der Waals surface area contributed by atoms with Gasteiger partial charge in [-0.3, -0.25) is 4.90 Å². The zero-order chi connectivity index (χ0) is 10.1. The molecule has 3 nitrogen and oxygen atoms in total. The van der Waals surface area contributed by atoms with Crippen LogP contribution in [0.2, 0.25) is 0 Å². The highest BCUT2D eigenvalue weighted by molar-refractivity contribution is 5.11. The van der Waals surface area contributed by atoms with Gasteiger partial charge in [-0.15, -0.1) is 0 Å². The molecule has 0 spiro atoms. The molecule has 0 saturated carbocycles. The zero-order valence-electron chi connectivity index (χ0n) is 8.86. The van der Waals surface area contributed by atoms with Crippen molar-refractivity contribution in [3.63, 3.8) is 0 Å². The molecule has 3 heteroatoms. The van der Waals surface area contributed by atoms with Crippen molar-refractivity contribution in [1.82, 2.24) is 4.90 Å². The molecule has 78 valence electrons. The number of aryl methyl sites for hydroxylation is 1. The van der Waals surface area contributed by atoms with E-state index < -0.39 is 0 Å². The molecule has 2 N–H and O–H groups in total. The van der Waals surface area contributed by atoms with E-state index in [1.165, 1.54) is 0 Å². The smallest absolute Gasteiger partial charge is 0.121 e. The molecule has 2 unspecified atom stereocenters. The van der Waals surface area contributed by atoms with Crippen LogP contribution in [0.25, 0.3) is 0 Å². The first-order chi connectivity index (χ1) is 6.70. The second kappa shape index (κ2) is 3.75. The van der Waals surface area contributed by atoms with Crippen molar-refractivity contribution in [2.75, 3.05) is 20.1 Å². The summed E-state index contributed by atoms with van der Waals surface area (Å²) in [6.07, 6.45) is 1.12. The van der Waals surface area contributed by atoms with E-state index in [2.05, 4.69) is 18.0 Å². The molecule has 0 amide bonds. The first-order valence-electron chi connectivity index (χ1n) is 5.17. The van der Waals surface area contributed by atoms with Gasteiger partial charge in [-0.25, -0.2) is 0 Å². The first kappa shape index (κ1) is 9.74. The third kappa shape index (κ3) is 1.70. The van der Waals surface area contributed by atoms with E-state index in [0.29, 0.717) is 12.0 Å². The molecule has 0 aliphatic carbocycles. The summed E-state index contributed by atoms with van der Waals surface area (Å²) in [5, 5.41) is 0. The van der Waals surface area contributed by atoms with Gasteiger partial charge in [0.2, 0.25) is 0 Å². The Kier molecular flexibility index (Phi) is 2.61. The molecule has 1 aromatic rings. The maximum absolute atomic E-state index is 5.68. The van der Waals surface area contributed by atoms with Gasteiger partial charge in [0, 0.05) is 6.54 Å². The molecule has 1 fully saturated rings. The minimum Gasteiger partial charge on any atom is -0.465 e. The van der Waals surface area contributed by atoms with E-state index in [9.17, 15) is 0 Å². The highest BCUT2D eigenvalue weighted by Gasteiger charge is 2.31. The Labute approximate surface area is 84.9 Å². The average molecular weight is 194 g/mol. The summed E-state index contributed by atoms with van der Waals surface area (Å²) < 4.78 is 5.65. The van der Waals surface area contributed by atoms with Gasteiger partial charge in [-0.05, 0) is 45.0 Å². The van der Waals surface area contributed by atoms with Crippen LogP contribution in [0.15, 0.2) is 16.5 Å². The summed E-state index contributed by atoms with van der Waals surface area (Å²) in [6, 6.07) is 4.53. The van der Waals surface area contributed by atoms with Crippen LogP contribution in [-0.2, 0) is 0 Å². The Morgan fingerprint density at radius 2 is 2.36 bits per heavy atom. The number of rotatable bonds is 2. The van der Waals surface area contributed by atoms with Gasteiger partial charge in [0.15, 0.2) is 0 Å². The summed E-state index contributed by atoms with van der Waals surface area (Å²) >= 11 is 0. The lowest BCUT2D eigenvalue weighted by atomic mass is 10.0. The number of hydrogen-bond donors (Lipinski definition) is 1. The lowest BCUT2D eigenvalue weighted by molar-refractivity contribution is 0.272. The summed E-state index contributed by atoms with van der Waals surface area (Å²) in [5.74, 6) is 2.70. The fourth-order valence-electron chi connectivity index (χ4n) is 2.24. The molecule has 0 radical (unpaired) electrons. The largest absolute Gasteiger partial charge is 0.465 e. The predicted molar refractivity (Wildman–Crippen MR) is 56.0 cm³/mol. The Morgan fingerprint density at radius 1 is 1.57 bits per heavy atom. The molecule has 0 bridgehead atoms. The van der Waals surface area contributed by atoms with Crippen LogP contribution in [-0.4, -0.2) is 25.0 Å². The standard InChI is InChI=1S/C11H18N2O/c1-8-3-4-11(14-8)10-5-9(6-12)7-13(10)2/h3-4,9-10H,5-7,12H2,1-2H3. The van der Waals surface area contributed by atoms with Crippen molar-refractivity contribution in [1.29, 1.82) is 0 Å². The minimum atomic E-state index is 0.428. The predicted octanol–water partition coefficient (Wildman–Crippen LogP) is 1.54. The first-order valence-corrected chi connectivity index (χ1v) is 5.17. The summed E-state index contributed by atoms with van der Waals surface area (Å²) in [6.45, 7) is 3.85. The lowest BCUT2D eigenvalue weighted by Crippen LogP contribution is -2.20. The van der Waals surface area contributed by atoms with Crippen LogP contribution in [0.5, 0.6) is 0 Å². The molecule has 0 aromatic carbocycles. The SMILES string of the molecule is Cc1ccc(C2CC(CN)CN2C)o1. The van der Waals surface area contributed by atoms with Crippen LogP contribution in [0.3, 0.4) is 0 Å². The van der Waals surface area contributed by atoms with Gasteiger partial charge < -0.3 is 10.2 Å². The second-order valence-electron chi connectivity index (χ2n) is 4.24. The Bertz CT molecular complexity index is 308. The van der Waals surface area contributed by atoms with Crippen LogP contribution < -0.4 is 5.73 Å². The minimum absolute atomic E-state index is 0.428. The van der Waals surface area contributed by atoms with Gasteiger partial charge >= 0.3 is 0 Å². The molecule has 1 saturated heterocycles. The quantitative estimate of drug-likeness (QED) is 0.776. The third-order valence-corrected chi connectivity index (χ3v) is 3.06. The topological polar surface area (TPSA) is 42.4 Å². The molecule has 2 atom stereocenters. The van der Waals surface area contributed by atoms with E-state index in [1.807, 2.05) is 13.0 Å². The number of hydrogen-bond acceptors (Lipinski definition) is 3. The van der Waals surface area contributed by atoms with E-state index in [4.69, 9.17) is 10.2 Å². The van der Waals surface area contributed by atoms with E-state index >= 15 is 0 Å². The highest BCUT2D eigenvalue weighted by Crippen LogP contribution is 2.34. The fourth-order valence-corrected chi connectivity index (χ4v) is 2.24. The average Bonchev–Trinajstić information content (AvgIpc) is 2.71. The van der Waals surface area contributed by atoms with Crippen molar-refractivity contribution < 1.29 is 4.42 Å². The number of furan rings is 1. The molecular formula is C11H18N2O. The van der Waals surface area contributed by atoms with Crippen LogP contribution >= 0.6 is 0 Å². The molecule has 2 rings (SSSR count). The second-order valence-corrected chi connectivity index (χ2v) is 4.24. The maximum Gasteiger partial charge on any atom is 0.121 e. The number of likely N-dealkylation sites (tertiary alicyclic amines) is 1. The fraction of sp³-hybridized carbons (Fsp3) is 0.636. The van der Waals surface area contributed by atoms with Crippen LogP contribution in [0.1, 0.15) is 24.0 Å². The van der Waals surface area contributed by atoms with Crippen LogP contribution in [0.4, 0.5) is 0 Å². The maximum atomic E-state index is 5.68. The van der Waals surface area contributed by atoms with Crippen molar-refractivity contribution >= 4 is 0 Å². The monoisotopic (exact) mass is 194 g/mol. The zero-order valence-corrected chi connectivity index (χ0v) is 8.86. The molecule has 14 heavy (non-hydrogen) atoms. The normalized spacial score (nSPS) is 28.5. The summed E-state index contributed by atoms with van der Waals surface area (Å²) in [7, 11) is 2.14. The lowest BCUT2D eigenvalue weighted by Gasteiger charge is -2.16. The van der Waals surface area contributed by atoms with Crippen molar-refractivity contribution in [2.45, 2.75) is 19.4 Å². The van der Waals surface area contributed by atoms with E-state index in [-0.39, 0.29) is 0 Å². The van der Waals surface area contributed by atoms with E-state index in [0.717, 1.165) is 31.0 Å². The number of nitrogens with zero attached hydrogens (tertiary/aromatic N) is 1. The Morgan fingerprint density at radius 3 is 2.86 bits per heavy atom. The van der Waals surface area contributed by atoms with Crippen molar-refractivity contribution in [3.8, 4) is 0 Å². The van der Waals surface area contributed by atoms with E-state index in [1.54, 1.807) is 0 Å². The van der Waals surface area contributed by atoms with Gasteiger partial charge in [0.05, 0.1) is 6.04 Å². The molecule has 1 aliphatic rings. The highest BCUT2D eigenvalue weighted by atomic mass is 16.3. The summed E-state index contributed by atoms with van der Waals surface area (Å²) in [4.78, 5) is 2.33. The van der Waals surface area contributed by atoms with Gasteiger partial charge in [-0.2, -0.15) is 0 Å². The van der Waals surface area contributed by atoms with Crippen LogP contribution in [0, 0.1) is 12.8 Å². The molecule has 1 aromatic heterocycles. The molecule has 1 aliphatic heterocycles. The summed E-state index contributed by atoms with van der Waals surface area (Å²) in [5.41, 5.74) is 5.68. The molecular weight excluding hydrogens is 176 g/mol. The van der Waals surface area contributed by atoms with Gasteiger partial charge in [0.1, 0.15) is 11.5 Å².